The number of nitrogens with zero attached hydrogens (tertiary/aromatic N) is 2. The Morgan fingerprint density at radius 2 is 2.04 bits per heavy atom. The van der Waals surface area contributed by atoms with Crippen LogP contribution in [0.15, 0.2) is 41.0 Å². The molecule has 0 saturated heterocycles. The van der Waals surface area contributed by atoms with Crippen molar-refractivity contribution in [3.05, 3.63) is 42.3 Å². The van der Waals surface area contributed by atoms with Gasteiger partial charge >= 0.3 is 0 Å². The molecule has 4 nitrogen and oxygen atoms in total. The number of hydrogen-bond donors (Lipinski definition) is 0. The van der Waals surface area contributed by atoms with Gasteiger partial charge in [-0.25, -0.2) is 4.98 Å². The van der Waals surface area contributed by atoms with Gasteiger partial charge in [0.1, 0.15) is 6.26 Å². The van der Waals surface area contributed by atoms with Crippen molar-refractivity contribution in [2.75, 3.05) is 12.3 Å². The summed E-state index contributed by atoms with van der Waals surface area (Å²) in [4.78, 5) is 19.0. The standard InChI is InChI=1S/C19H24N2O2S/c1-2-21(17-10-6-7-11-17)18(22)14-24-13-16-12-23-19(20-16)15-8-4-3-5-9-15/h3-5,8-9,12,17H,2,6-7,10-11,13-14H2,1H3. The normalized spacial score (nSPS) is 14.9. The topological polar surface area (TPSA) is 46.3 Å². The van der Waals surface area contributed by atoms with Crippen LogP contribution in [0.5, 0.6) is 0 Å². The minimum atomic E-state index is 0.251. The van der Waals surface area contributed by atoms with Crippen molar-refractivity contribution in [1.82, 2.24) is 9.88 Å². The summed E-state index contributed by atoms with van der Waals surface area (Å²) in [6.45, 7) is 2.89. The third kappa shape index (κ3) is 4.20. The van der Waals surface area contributed by atoms with Crippen LogP contribution >= 0.6 is 11.8 Å². The van der Waals surface area contributed by atoms with Gasteiger partial charge in [0, 0.05) is 23.9 Å². The molecule has 1 aromatic carbocycles. The first-order valence-electron chi connectivity index (χ1n) is 8.65. The number of aromatic nitrogens is 1. The Morgan fingerprint density at radius 3 is 2.75 bits per heavy atom. The predicted molar refractivity (Wildman–Crippen MR) is 97.7 cm³/mol. The monoisotopic (exact) mass is 344 g/mol. The van der Waals surface area contributed by atoms with Crippen molar-refractivity contribution in [1.29, 1.82) is 0 Å². The summed E-state index contributed by atoms with van der Waals surface area (Å²) >= 11 is 1.61. The van der Waals surface area contributed by atoms with Crippen molar-refractivity contribution in [3.8, 4) is 11.5 Å². The first-order valence-corrected chi connectivity index (χ1v) is 9.80. The van der Waals surface area contributed by atoms with E-state index in [2.05, 4.69) is 16.8 Å². The maximum absolute atomic E-state index is 12.4. The average molecular weight is 344 g/mol. The summed E-state index contributed by atoms with van der Waals surface area (Å²) in [6, 6.07) is 10.3. The fourth-order valence-corrected chi connectivity index (χ4v) is 4.05. The highest BCUT2D eigenvalue weighted by Crippen LogP contribution is 2.25. The van der Waals surface area contributed by atoms with Crippen LogP contribution in [-0.4, -0.2) is 34.1 Å². The van der Waals surface area contributed by atoms with Crippen LogP contribution in [0.25, 0.3) is 11.5 Å². The molecule has 0 radical (unpaired) electrons. The molecule has 24 heavy (non-hydrogen) atoms. The van der Waals surface area contributed by atoms with Crippen LogP contribution in [0.1, 0.15) is 38.3 Å². The highest BCUT2D eigenvalue weighted by Gasteiger charge is 2.25. The van der Waals surface area contributed by atoms with Crippen LogP contribution in [0, 0.1) is 0 Å². The number of oxazole rings is 1. The summed E-state index contributed by atoms with van der Waals surface area (Å²) in [5.41, 5.74) is 1.86. The smallest absolute Gasteiger partial charge is 0.232 e. The zero-order chi connectivity index (χ0) is 16.8. The first-order chi connectivity index (χ1) is 11.8. The number of benzene rings is 1. The molecule has 1 fully saturated rings. The molecule has 3 rings (SSSR count). The van der Waals surface area contributed by atoms with Gasteiger partial charge in [0.25, 0.3) is 0 Å². The highest BCUT2D eigenvalue weighted by molar-refractivity contribution is 7.99. The summed E-state index contributed by atoms with van der Waals surface area (Å²) in [6.07, 6.45) is 6.52. The van der Waals surface area contributed by atoms with Gasteiger partial charge in [0.05, 0.1) is 11.4 Å². The van der Waals surface area contributed by atoms with Crippen molar-refractivity contribution >= 4 is 17.7 Å². The van der Waals surface area contributed by atoms with Gasteiger partial charge in [-0.2, -0.15) is 0 Å². The SMILES string of the molecule is CCN(C(=O)CSCc1coc(-c2ccccc2)n1)C1CCCC1. The molecule has 0 bridgehead atoms. The maximum Gasteiger partial charge on any atom is 0.232 e. The van der Waals surface area contributed by atoms with Gasteiger partial charge in [-0.15, -0.1) is 11.8 Å². The lowest BCUT2D eigenvalue weighted by atomic mass is 10.2. The van der Waals surface area contributed by atoms with Crippen molar-refractivity contribution < 1.29 is 9.21 Å². The van der Waals surface area contributed by atoms with Crippen LogP contribution in [0.2, 0.25) is 0 Å². The molecule has 128 valence electrons. The maximum atomic E-state index is 12.4. The molecule has 1 aliphatic rings. The van der Waals surface area contributed by atoms with E-state index >= 15 is 0 Å². The van der Waals surface area contributed by atoms with E-state index in [-0.39, 0.29) is 5.91 Å². The Morgan fingerprint density at radius 1 is 1.29 bits per heavy atom. The Labute approximate surface area is 147 Å². The van der Waals surface area contributed by atoms with E-state index in [1.165, 1.54) is 12.8 Å². The Balaban J connectivity index is 1.49. The zero-order valence-electron chi connectivity index (χ0n) is 14.1. The summed E-state index contributed by atoms with van der Waals surface area (Å²) in [5.74, 6) is 2.10. The number of thioether (sulfide) groups is 1. The number of amides is 1. The summed E-state index contributed by atoms with van der Waals surface area (Å²) in [5, 5.41) is 0. The first kappa shape index (κ1) is 17.1. The fraction of sp³-hybridized carbons (Fsp3) is 0.474. The van der Waals surface area contributed by atoms with Crippen molar-refractivity contribution in [3.63, 3.8) is 0 Å². The fourth-order valence-electron chi connectivity index (χ4n) is 3.27. The quantitative estimate of drug-likeness (QED) is 0.748. The molecule has 1 heterocycles. The molecular formula is C19H24N2O2S. The molecule has 0 N–H and O–H groups in total. The Bertz CT molecular complexity index is 650. The molecule has 5 heteroatoms. The molecule has 0 atom stereocenters. The number of hydrogen-bond acceptors (Lipinski definition) is 4. The van der Waals surface area contributed by atoms with E-state index in [9.17, 15) is 4.79 Å². The third-order valence-corrected chi connectivity index (χ3v) is 5.43. The van der Waals surface area contributed by atoms with Crippen molar-refractivity contribution in [2.24, 2.45) is 0 Å². The average Bonchev–Trinajstić information content (AvgIpc) is 3.28. The third-order valence-electron chi connectivity index (χ3n) is 4.47. The Hall–Kier alpha value is -1.75. The second kappa shape index (κ2) is 8.38. The molecule has 1 saturated carbocycles. The van der Waals surface area contributed by atoms with Crippen LogP contribution in [0.3, 0.4) is 0 Å². The van der Waals surface area contributed by atoms with Crippen LogP contribution in [-0.2, 0) is 10.5 Å². The van der Waals surface area contributed by atoms with Gasteiger partial charge in [-0.1, -0.05) is 31.0 Å². The predicted octanol–water partition coefficient (Wildman–Crippen LogP) is 4.37. The molecule has 0 aliphatic heterocycles. The summed E-state index contributed by atoms with van der Waals surface area (Å²) < 4.78 is 5.54. The molecular weight excluding hydrogens is 320 g/mol. The lowest BCUT2D eigenvalue weighted by Crippen LogP contribution is -2.39. The zero-order valence-corrected chi connectivity index (χ0v) is 14.9. The number of rotatable bonds is 7. The van der Waals surface area contributed by atoms with Gasteiger partial charge in [0.2, 0.25) is 11.8 Å². The minimum absolute atomic E-state index is 0.251. The molecule has 1 aliphatic carbocycles. The van der Waals surface area contributed by atoms with E-state index in [4.69, 9.17) is 4.42 Å². The lowest BCUT2D eigenvalue weighted by molar-refractivity contribution is -0.130. The van der Waals surface area contributed by atoms with Gasteiger partial charge in [0.15, 0.2) is 0 Å². The number of carbonyl (C=O) groups excluding carboxylic acids is 1. The molecule has 1 amide bonds. The Kier molecular flexibility index (Phi) is 5.96. The lowest BCUT2D eigenvalue weighted by Gasteiger charge is -2.27. The second-order valence-corrected chi connectivity index (χ2v) is 7.11. The van der Waals surface area contributed by atoms with E-state index in [0.29, 0.717) is 23.4 Å². The van der Waals surface area contributed by atoms with E-state index in [0.717, 1.165) is 30.6 Å². The van der Waals surface area contributed by atoms with Crippen molar-refractivity contribution in [2.45, 2.75) is 44.4 Å². The van der Waals surface area contributed by atoms with E-state index in [1.807, 2.05) is 30.3 Å². The van der Waals surface area contributed by atoms with Gasteiger partial charge in [-0.05, 0) is 31.9 Å². The van der Waals surface area contributed by atoms with E-state index < -0.39 is 0 Å². The largest absolute Gasteiger partial charge is 0.444 e. The molecule has 0 spiro atoms. The van der Waals surface area contributed by atoms with E-state index in [1.54, 1.807) is 18.0 Å². The molecule has 2 aromatic rings. The van der Waals surface area contributed by atoms with Gasteiger partial charge < -0.3 is 9.32 Å². The number of carbonyl (C=O) groups is 1. The van der Waals surface area contributed by atoms with Gasteiger partial charge in [-0.3, -0.25) is 4.79 Å². The summed E-state index contributed by atoms with van der Waals surface area (Å²) in [7, 11) is 0. The van der Waals surface area contributed by atoms with Crippen LogP contribution in [0.4, 0.5) is 0 Å². The second-order valence-electron chi connectivity index (χ2n) is 6.12. The minimum Gasteiger partial charge on any atom is -0.444 e. The highest BCUT2D eigenvalue weighted by atomic mass is 32.2. The molecule has 1 aromatic heterocycles. The molecule has 0 unspecified atom stereocenters. The van der Waals surface area contributed by atoms with Crippen LogP contribution < -0.4 is 0 Å².